The second-order valence-corrected chi connectivity index (χ2v) is 5.17. The molecule has 0 aromatic rings. The van der Waals surface area contributed by atoms with Crippen molar-refractivity contribution < 1.29 is 0 Å². The Hall–Kier alpha value is -0.480. The molecule has 1 N–H and O–H groups in total. The lowest BCUT2D eigenvalue weighted by molar-refractivity contribution is 0.132. The average Bonchev–Trinajstić information content (AvgIpc) is 2.26. The van der Waals surface area contributed by atoms with Crippen molar-refractivity contribution in [2.45, 2.75) is 21.3 Å². The highest BCUT2D eigenvalue weighted by Gasteiger charge is 2.20. The van der Waals surface area contributed by atoms with E-state index in [4.69, 9.17) is 12.8 Å². The van der Waals surface area contributed by atoms with Crippen LogP contribution in [-0.4, -0.2) is 43.0 Å². The van der Waals surface area contributed by atoms with Crippen LogP contribution in [0.1, 0.15) is 21.3 Å². The smallest absolute Gasteiger partial charge is 0.0642 e. The van der Waals surface area contributed by atoms with Gasteiger partial charge in [-0.05, 0) is 24.9 Å². The summed E-state index contributed by atoms with van der Waals surface area (Å²) < 4.78 is 0. The fourth-order valence-corrected chi connectivity index (χ4v) is 1.52. The van der Waals surface area contributed by atoms with Crippen molar-refractivity contribution in [3.8, 4) is 24.7 Å². The molecule has 0 unspecified atom stereocenters. The summed E-state index contributed by atoms with van der Waals surface area (Å²) >= 11 is 3.01. The van der Waals surface area contributed by atoms with E-state index >= 15 is 0 Å². The standard InChI is InChI=1S/C7H11N.C4H9N.C3H3Br.CH4/c1-3-4-8-5-7(2)6-8;1-4-2-5-3-4;1-2-3-4;/h1,7H,4-6H2,2H3;4-5H,2-3H2,1H3;1H,3H2;1H4. The third-order valence-corrected chi connectivity index (χ3v) is 2.84. The van der Waals surface area contributed by atoms with Crippen molar-refractivity contribution in [3.63, 3.8) is 0 Å². The van der Waals surface area contributed by atoms with E-state index in [-0.39, 0.29) is 7.43 Å². The van der Waals surface area contributed by atoms with Crippen LogP contribution in [-0.2, 0) is 0 Å². The normalized spacial score (nSPS) is 18.1. The minimum atomic E-state index is 0. The van der Waals surface area contributed by atoms with Crippen LogP contribution < -0.4 is 5.32 Å². The van der Waals surface area contributed by atoms with Crippen LogP contribution >= 0.6 is 15.9 Å². The average molecular weight is 315 g/mol. The first-order valence-corrected chi connectivity index (χ1v) is 7.12. The molecule has 0 aliphatic carbocycles. The third-order valence-electron chi connectivity index (χ3n) is 2.52. The van der Waals surface area contributed by atoms with Gasteiger partial charge >= 0.3 is 0 Å². The first kappa shape index (κ1) is 19.9. The summed E-state index contributed by atoms with van der Waals surface area (Å²) in [6.45, 7) is 10.2. The molecule has 0 bridgehead atoms. The largest absolute Gasteiger partial charge is 0.316 e. The molecule has 2 nitrogen and oxygen atoms in total. The lowest BCUT2D eigenvalue weighted by atomic mass is 10.0. The minimum Gasteiger partial charge on any atom is -0.316 e. The number of terminal acetylenes is 2. The molecule has 2 heterocycles. The quantitative estimate of drug-likeness (QED) is 0.591. The van der Waals surface area contributed by atoms with Crippen molar-refractivity contribution in [1.82, 2.24) is 10.2 Å². The topological polar surface area (TPSA) is 15.3 Å². The monoisotopic (exact) mass is 314 g/mol. The Bertz CT molecular complexity index is 255. The van der Waals surface area contributed by atoms with E-state index in [0.29, 0.717) is 5.33 Å². The number of alkyl halides is 1. The molecule has 0 radical (unpaired) electrons. The van der Waals surface area contributed by atoms with Crippen LogP contribution in [0.3, 0.4) is 0 Å². The third kappa shape index (κ3) is 10.7. The van der Waals surface area contributed by atoms with Crippen LogP contribution in [0.5, 0.6) is 0 Å². The summed E-state index contributed by atoms with van der Waals surface area (Å²) in [6, 6.07) is 0. The Kier molecular flexibility index (Phi) is 14.3. The highest BCUT2D eigenvalue weighted by Crippen LogP contribution is 2.11. The molecule has 104 valence electrons. The molecule has 0 aromatic heterocycles. The zero-order valence-corrected chi connectivity index (χ0v) is 12.5. The second kappa shape index (κ2) is 13.0. The van der Waals surface area contributed by atoms with Gasteiger partial charge in [-0.25, -0.2) is 0 Å². The summed E-state index contributed by atoms with van der Waals surface area (Å²) in [7, 11) is 0. The molecule has 0 aromatic carbocycles. The van der Waals surface area contributed by atoms with E-state index in [1.165, 1.54) is 26.2 Å². The molecule has 2 saturated heterocycles. The van der Waals surface area contributed by atoms with Gasteiger partial charge in [0.25, 0.3) is 0 Å². The van der Waals surface area contributed by atoms with Gasteiger partial charge in [0.1, 0.15) is 0 Å². The first-order chi connectivity index (χ1) is 8.13. The second-order valence-electron chi connectivity index (χ2n) is 4.60. The van der Waals surface area contributed by atoms with Gasteiger partial charge in [0.15, 0.2) is 0 Å². The Balaban J connectivity index is 0. The summed E-state index contributed by atoms with van der Waals surface area (Å²) in [5.41, 5.74) is 0. The van der Waals surface area contributed by atoms with Crippen molar-refractivity contribution in [2.75, 3.05) is 38.1 Å². The number of nitrogens with zero attached hydrogens (tertiary/aromatic N) is 1. The van der Waals surface area contributed by atoms with Gasteiger partial charge in [-0.1, -0.05) is 49.0 Å². The summed E-state index contributed by atoms with van der Waals surface area (Å²) in [4.78, 5) is 2.27. The number of nitrogens with one attached hydrogen (secondary N) is 1. The highest BCUT2D eigenvalue weighted by atomic mass is 79.9. The Morgan fingerprint density at radius 3 is 1.78 bits per heavy atom. The van der Waals surface area contributed by atoms with Crippen LogP contribution in [0.2, 0.25) is 0 Å². The van der Waals surface area contributed by atoms with Gasteiger partial charge in [-0.2, -0.15) is 0 Å². The molecule has 0 spiro atoms. The number of hydrogen-bond acceptors (Lipinski definition) is 2. The van der Waals surface area contributed by atoms with E-state index in [1.807, 2.05) is 0 Å². The number of likely N-dealkylation sites (tertiary alicyclic amines) is 1. The maximum atomic E-state index is 5.09. The van der Waals surface area contributed by atoms with E-state index in [2.05, 4.69) is 51.8 Å². The SMILES string of the molecule is C.C#CCBr.C#CCN1CC(C)C1.CC1CNC1. The molecule has 18 heavy (non-hydrogen) atoms. The fourth-order valence-electron chi connectivity index (χ4n) is 1.52. The van der Waals surface area contributed by atoms with Gasteiger partial charge in [0.2, 0.25) is 0 Å². The number of halogens is 1. The van der Waals surface area contributed by atoms with E-state index < -0.39 is 0 Å². The maximum absolute atomic E-state index is 5.09. The minimum absolute atomic E-state index is 0. The van der Waals surface area contributed by atoms with Crippen LogP contribution in [0.4, 0.5) is 0 Å². The van der Waals surface area contributed by atoms with Crippen molar-refractivity contribution in [1.29, 1.82) is 0 Å². The predicted octanol–water partition coefficient (Wildman–Crippen LogP) is 2.45. The fraction of sp³-hybridized carbons (Fsp3) is 0.733. The highest BCUT2D eigenvalue weighted by molar-refractivity contribution is 9.09. The van der Waals surface area contributed by atoms with Gasteiger partial charge in [-0.15, -0.1) is 12.8 Å². The summed E-state index contributed by atoms with van der Waals surface area (Å²) in [6.07, 6.45) is 9.82. The zero-order chi connectivity index (χ0) is 13.1. The number of hydrogen-bond donors (Lipinski definition) is 1. The van der Waals surface area contributed by atoms with E-state index in [9.17, 15) is 0 Å². The summed E-state index contributed by atoms with van der Waals surface area (Å²) in [5, 5.41) is 3.82. The van der Waals surface area contributed by atoms with Crippen molar-refractivity contribution in [2.24, 2.45) is 11.8 Å². The predicted molar refractivity (Wildman–Crippen MR) is 85.8 cm³/mol. The molecular formula is C15H27BrN2. The Morgan fingerprint density at radius 1 is 1.17 bits per heavy atom. The molecule has 2 aliphatic heterocycles. The molecule has 2 rings (SSSR count). The molecule has 0 saturated carbocycles. The zero-order valence-electron chi connectivity index (χ0n) is 10.9. The van der Waals surface area contributed by atoms with Crippen LogP contribution in [0, 0.1) is 36.5 Å². The maximum Gasteiger partial charge on any atom is 0.0642 e. The van der Waals surface area contributed by atoms with E-state index in [1.54, 1.807) is 0 Å². The van der Waals surface area contributed by atoms with Gasteiger partial charge in [0.05, 0.1) is 11.9 Å². The van der Waals surface area contributed by atoms with Gasteiger partial charge in [-0.3, -0.25) is 4.90 Å². The lowest BCUT2D eigenvalue weighted by Gasteiger charge is -2.35. The van der Waals surface area contributed by atoms with Crippen LogP contribution in [0.15, 0.2) is 0 Å². The van der Waals surface area contributed by atoms with Crippen molar-refractivity contribution >= 4 is 15.9 Å². The summed E-state index contributed by atoms with van der Waals surface area (Å²) in [5.74, 6) is 6.80. The molecule has 0 amide bonds. The molecular weight excluding hydrogens is 288 g/mol. The lowest BCUT2D eigenvalue weighted by Crippen LogP contribution is -2.44. The Morgan fingerprint density at radius 2 is 1.61 bits per heavy atom. The Labute approximate surface area is 122 Å². The molecule has 2 aliphatic rings. The van der Waals surface area contributed by atoms with Gasteiger partial charge < -0.3 is 5.32 Å². The molecule has 2 fully saturated rings. The van der Waals surface area contributed by atoms with E-state index in [0.717, 1.165) is 18.4 Å². The van der Waals surface area contributed by atoms with Crippen LogP contribution in [0.25, 0.3) is 0 Å². The molecule has 3 heteroatoms. The number of rotatable bonds is 1. The molecule has 0 atom stereocenters. The van der Waals surface area contributed by atoms with Crippen molar-refractivity contribution in [3.05, 3.63) is 0 Å². The first-order valence-electron chi connectivity index (χ1n) is 6.00. The van der Waals surface area contributed by atoms with Gasteiger partial charge in [0, 0.05) is 13.1 Å².